The van der Waals surface area contributed by atoms with Gasteiger partial charge < -0.3 is 5.32 Å². The molecule has 0 radical (unpaired) electrons. The number of nitrogens with one attached hydrogen (secondary N) is 1. The molecule has 1 aromatic rings. The molecule has 1 atom stereocenters. The highest BCUT2D eigenvalue weighted by Crippen LogP contribution is 2.21. The van der Waals surface area contributed by atoms with Gasteiger partial charge in [-0.25, -0.2) is 0 Å². The van der Waals surface area contributed by atoms with Crippen molar-refractivity contribution >= 4 is 11.6 Å². The van der Waals surface area contributed by atoms with Gasteiger partial charge in [0.1, 0.15) is 0 Å². The fourth-order valence-corrected chi connectivity index (χ4v) is 1.72. The van der Waals surface area contributed by atoms with Gasteiger partial charge in [-0.3, -0.25) is 0 Å². The van der Waals surface area contributed by atoms with E-state index in [1.165, 1.54) is 0 Å². The Morgan fingerprint density at radius 3 is 2.87 bits per heavy atom. The maximum absolute atomic E-state index is 8.39. The van der Waals surface area contributed by atoms with Gasteiger partial charge in [0.25, 0.3) is 0 Å². The zero-order chi connectivity index (χ0) is 11.1. The molecule has 0 heterocycles. The van der Waals surface area contributed by atoms with Crippen LogP contribution in [0.4, 0.5) is 0 Å². The van der Waals surface area contributed by atoms with Crippen LogP contribution in [0.1, 0.15) is 31.4 Å². The Labute approximate surface area is 95.9 Å². The summed E-state index contributed by atoms with van der Waals surface area (Å²) in [5.74, 6) is 0. The molecule has 0 unspecified atom stereocenters. The largest absolute Gasteiger partial charge is 0.310 e. The summed E-state index contributed by atoms with van der Waals surface area (Å²) < 4.78 is 0. The molecule has 1 aromatic carbocycles. The van der Waals surface area contributed by atoms with E-state index in [0.29, 0.717) is 6.42 Å². The molecule has 0 aliphatic rings. The molecule has 0 aliphatic carbocycles. The van der Waals surface area contributed by atoms with Gasteiger partial charge in [-0.2, -0.15) is 5.26 Å². The minimum absolute atomic E-state index is 0.234. The smallest absolute Gasteiger partial charge is 0.0622 e. The van der Waals surface area contributed by atoms with E-state index in [0.717, 1.165) is 23.6 Å². The summed E-state index contributed by atoms with van der Waals surface area (Å²) in [5.41, 5.74) is 1.11. The highest BCUT2D eigenvalue weighted by Gasteiger charge is 2.07. The molecule has 0 amide bonds. The van der Waals surface area contributed by atoms with E-state index in [1.54, 1.807) is 0 Å². The van der Waals surface area contributed by atoms with Crippen molar-refractivity contribution in [3.63, 3.8) is 0 Å². The predicted octanol–water partition coefficient (Wildman–Crippen LogP) is 3.29. The quantitative estimate of drug-likeness (QED) is 0.776. The van der Waals surface area contributed by atoms with Crippen molar-refractivity contribution in [2.45, 2.75) is 25.8 Å². The zero-order valence-corrected chi connectivity index (χ0v) is 9.59. The van der Waals surface area contributed by atoms with E-state index in [1.807, 2.05) is 24.3 Å². The average molecular weight is 223 g/mol. The standard InChI is InChI=1S/C12H15ClN2/c1-10(15-9-5-4-8-14)11-6-2-3-7-12(11)13/h2-3,6-7,10,15H,4-5,9H2,1H3/t10-/m1/s1. The van der Waals surface area contributed by atoms with E-state index >= 15 is 0 Å². The first-order valence-corrected chi connectivity index (χ1v) is 5.48. The van der Waals surface area contributed by atoms with Crippen molar-refractivity contribution in [3.05, 3.63) is 34.9 Å². The van der Waals surface area contributed by atoms with Crippen molar-refractivity contribution < 1.29 is 0 Å². The number of nitriles is 1. The van der Waals surface area contributed by atoms with E-state index in [2.05, 4.69) is 18.3 Å². The van der Waals surface area contributed by atoms with Crippen LogP contribution in [0, 0.1) is 11.3 Å². The molecular formula is C12H15ClN2. The van der Waals surface area contributed by atoms with Crippen LogP contribution in [0.25, 0.3) is 0 Å². The Balaban J connectivity index is 2.44. The van der Waals surface area contributed by atoms with Gasteiger partial charge >= 0.3 is 0 Å². The Morgan fingerprint density at radius 2 is 2.20 bits per heavy atom. The number of rotatable bonds is 5. The first kappa shape index (κ1) is 12.0. The van der Waals surface area contributed by atoms with Crippen molar-refractivity contribution in [2.75, 3.05) is 6.54 Å². The van der Waals surface area contributed by atoms with Gasteiger partial charge in [0.05, 0.1) is 6.07 Å². The highest BCUT2D eigenvalue weighted by atomic mass is 35.5. The van der Waals surface area contributed by atoms with E-state index in [9.17, 15) is 0 Å². The highest BCUT2D eigenvalue weighted by molar-refractivity contribution is 6.31. The Kier molecular flexibility index (Phi) is 5.17. The van der Waals surface area contributed by atoms with E-state index in [4.69, 9.17) is 16.9 Å². The lowest BCUT2D eigenvalue weighted by molar-refractivity contribution is 0.562. The first-order chi connectivity index (χ1) is 7.25. The van der Waals surface area contributed by atoms with Crippen LogP contribution < -0.4 is 5.32 Å². The van der Waals surface area contributed by atoms with Crippen molar-refractivity contribution in [2.24, 2.45) is 0 Å². The maximum Gasteiger partial charge on any atom is 0.0622 e. The third-order valence-corrected chi connectivity index (χ3v) is 2.63. The molecule has 0 saturated carbocycles. The van der Waals surface area contributed by atoms with Gasteiger partial charge in [0.15, 0.2) is 0 Å². The van der Waals surface area contributed by atoms with Gasteiger partial charge in [-0.05, 0) is 31.5 Å². The molecule has 1 rings (SSSR count). The molecule has 1 N–H and O–H groups in total. The Bertz CT molecular complexity index is 344. The van der Waals surface area contributed by atoms with Gasteiger partial charge in [0.2, 0.25) is 0 Å². The lowest BCUT2D eigenvalue weighted by atomic mass is 10.1. The van der Waals surface area contributed by atoms with Crippen molar-refractivity contribution in [3.8, 4) is 6.07 Å². The molecule has 15 heavy (non-hydrogen) atoms. The van der Waals surface area contributed by atoms with Crippen molar-refractivity contribution in [1.82, 2.24) is 5.32 Å². The van der Waals surface area contributed by atoms with Crippen LogP contribution in [-0.2, 0) is 0 Å². The summed E-state index contributed by atoms with van der Waals surface area (Å²) in [7, 11) is 0. The molecule has 0 aliphatic heterocycles. The summed E-state index contributed by atoms with van der Waals surface area (Å²) in [6.45, 7) is 2.92. The SMILES string of the molecule is C[C@@H](NCCCC#N)c1ccccc1Cl. The normalized spacial score (nSPS) is 12.1. The molecule has 0 bridgehead atoms. The molecule has 0 aromatic heterocycles. The number of benzene rings is 1. The number of hydrogen-bond acceptors (Lipinski definition) is 2. The number of halogens is 1. The summed E-state index contributed by atoms with van der Waals surface area (Å²) in [6.07, 6.45) is 1.48. The van der Waals surface area contributed by atoms with Crippen LogP contribution in [-0.4, -0.2) is 6.54 Å². The summed E-state index contributed by atoms with van der Waals surface area (Å²) in [6, 6.07) is 10.2. The lowest BCUT2D eigenvalue weighted by Crippen LogP contribution is -2.19. The Hall–Kier alpha value is -1.04. The Morgan fingerprint density at radius 1 is 1.47 bits per heavy atom. The fraction of sp³-hybridized carbons (Fsp3) is 0.417. The summed E-state index contributed by atoms with van der Waals surface area (Å²) >= 11 is 6.07. The third kappa shape index (κ3) is 3.91. The fourth-order valence-electron chi connectivity index (χ4n) is 1.42. The second kappa shape index (κ2) is 6.44. The molecule has 0 saturated heterocycles. The van der Waals surface area contributed by atoms with Gasteiger partial charge in [0, 0.05) is 17.5 Å². The summed E-state index contributed by atoms with van der Waals surface area (Å²) in [5, 5.41) is 12.5. The van der Waals surface area contributed by atoms with Crippen LogP contribution in [0.3, 0.4) is 0 Å². The summed E-state index contributed by atoms with van der Waals surface area (Å²) in [4.78, 5) is 0. The van der Waals surface area contributed by atoms with E-state index in [-0.39, 0.29) is 6.04 Å². The second-order valence-corrected chi connectivity index (χ2v) is 3.87. The van der Waals surface area contributed by atoms with Gasteiger partial charge in [-0.15, -0.1) is 0 Å². The third-order valence-electron chi connectivity index (χ3n) is 2.29. The van der Waals surface area contributed by atoms with E-state index < -0.39 is 0 Å². The molecule has 0 fully saturated rings. The first-order valence-electron chi connectivity index (χ1n) is 5.10. The van der Waals surface area contributed by atoms with Crippen LogP contribution in [0.15, 0.2) is 24.3 Å². The monoisotopic (exact) mass is 222 g/mol. The lowest BCUT2D eigenvalue weighted by Gasteiger charge is -2.14. The molecule has 3 heteroatoms. The molecule has 2 nitrogen and oxygen atoms in total. The van der Waals surface area contributed by atoms with Crippen LogP contribution in [0.2, 0.25) is 5.02 Å². The molecule has 0 spiro atoms. The number of nitrogens with zero attached hydrogens (tertiary/aromatic N) is 1. The number of unbranched alkanes of at least 4 members (excludes halogenated alkanes) is 1. The topological polar surface area (TPSA) is 35.8 Å². The van der Waals surface area contributed by atoms with Crippen molar-refractivity contribution in [1.29, 1.82) is 5.26 Å². The second-order valence-electron chi connectivity index (χ2n) is 3.46. The van der Waals surface area contributed by atoms with Crippen LogP contribution >= 0.6 is 11.6 Å². The average Bonchev–Trinajstić information content (AvgIpc) is 2.25. The molecule has 80 valence electrons. The number of hydrogen-bond donors (Lipinski definition) is 1. The maximum atomic E-state index is 8.39. The predicted molar refractivity (Wildman–Crippen MR) is 62.7 cm³/mol. The zero-order valence-electron chi connectivity index (χ0n) is 8.83. The minimum atomic E-state index is 0.234. The molecular weight excluding hydrogens is 208 g/mol. The van der Waals surface area contributed by atoms with Gasteiger partial charge in [-0.1, -0.05) is 29.8 Å². The van der Waals surface area contributed by atoms with Crippen LogP contribution in [0.5, 0.6) is 0 Å². The minimum Gasteiger partial charge on any atom is -0.310 e.